The first-order chi connectivity index (χ1) is 15.2. The molecule has 2 aromatic carbocycles. The first-order valence-electron chi connectivity index (χ1n) is 10.9. The van der Waals surface area contributed by atoms with Gasteiger partial charge in [-0.25, -0.2) is 9.69 Å². The van der Waals surface area contributed by atoms with Crippen molar-refractivity contribution in [2.45, 2.75) is 39.2 Å². The number of hydrogen-bond acceptors (Lipinski definition) is 5. The van der Waals surface area contributed by atoms with Gasteiger partial charge in [0.1, 0.15) is 11.4 Å². The minimum absolute atomic E-state index is 0.268. The molecule has 2 aromatic rings. The number of carbonyl (C=O) groups is 3. The van der Waals surface area contributed by atoms with Crippen LogP contribution in [-0.2, 0) is 4.74 Å². The maximum atomic E-state index is 12.9. The molecule has 0 aliphatic carbocycles. The zero-order chi connectivity index (χ0) is 22.9. The Morgan fingerprint density at radius 3 is 2.09 bits per heavy atom. The van der Waals surface area contributed by atoms with Gasteiger partial charge in [0.05, 0.1) is 23.4 Å². The molecule has 0 bridgehead atoms. The number of imide groups is 1. The van der Waals surface area contributed by atoms with Crippen LogP contribution in [0, 0.1) is 5.92 Å². The predicted octanol–water partition coefficient (Wildman–Crippen LogP) is 4.51. The van der Waals surface area contributed by atoms with Gasteiger partial charge in [-0.2, -0.15) is 0 Å². The second-order valence-corrected chi connectivity index (χ2v) is 9.18. The first kappa shape index (κ1) is 21.9. The summed E-state index contributed by atoms with van der Waals surface area (Å²) in [4.78, 5) is 40.9. The number of amides is 3. The highest BCUT2D eigenvalue weighted by Crippen LogP contribution is 2.35. The molecule has 2 heterocycles. The minimum Gasteiger partial charge on any atom is -0.491 e. The van der Waals surface area contributed by atoms with Crippen LogP contribution in [0.25, 0.3) is 0 Å². The molecule has 3 amide bonds. The summed E-state index contributed by atoms with van der Waals surface area (Å²) in [6.07, 6.45) is 1.32. The molecule has 0 saturated carbocycles. The summed E-state index contributed by atoms with van der Waals surface area (Å²) in [6.45, 7) is 7.25. The summed E-state index contributed by atoms with van der Waals surface area (Å²) >= 11 is 0. The Bertz CT molecular complexity index is 1000. The van der Waals surface area contributed by atoms with E-state index in [0.29, 0.717) is 42.3 Å². The quantitative estimate of drug-likeness (QED) is 0.659. The van der Waals surface area contributed by atoms with Crippen molar-refractivity contribution in [3.8, 4) is 5.75 Å². The number of rotatable bonds is 4. The molecule has 0 aromatic heterocycles. The van der Waals surface area contributed by atoms with Crippen molar-refractivity contribution in [2.24, 2.45) is 5.92 Å². The van der Waals surface area contributed by atoms with Gasteiger partial charge in [0.2, 0.25) is 0 Å². The molecule has 7 nitrogen and oxygen atoms in total. The average Bonchev–Trinajstić information content (AvgIpc) is 3.02. The van der Waals surface area contributed by atoms with E-state index < -0.39 is 5.60 Å². The molecule has 0 unspecified atom stereocenters. The molecule has 0 radical (unpaired) electrons. The monoisotopic (exact) mass is 436 g/mol. The highest BCUT2D eigenvalue weighted by molar-refractivity contribution is 6.34. The number of fused-ring (bicyclic) bond motifs is 1. The van der Waals surface area contributed by atoms with Crippen LogP contribution in [-0.4, -0.2) is 48.1 Å². The van der Waals surface area contributed by atoms with Crippen LogP contribution < -0.4 is 9.64 Å². The Balaban J connectivity index is 1.39. The van der Waals surface area contributed by atoms with Crippen LogP contribution in [0.15, 0.2) is 48.5 Å². The lowest BCUT2D eigenvalue weighted by Crippen LogP contribution is -2.42. The zero-order valence-corrected chi connectivity index (χ0v) is 18.7. The largest absolute Gasteiger partial charge is 0.491 e. The van der Waals surface area contributed by atoms with Gasteiger partial charge in [0.15, 0.2) is 0 Å². The van der Waals surface area contributed by atoms with E-state index in [9.17, 15) is 14.4 Å². The van der Waals surface area contributed by atoms with E-state index in [1.807, 2.05) is 26.8 Å². The van der Waals surface area contributed by atoms with Crippen molar-refractivity contribution in [1.82, 2.24) is 4.90 Å². The van der Waals surface area contributed by atoms with Crippen LogP contribution in [0.5, 0.6) is 5.75 Å². The smallest absolute Gasteiger partial charge is 0.410 e. The third-order valence-corrected chi connectivity index (χ3v) is 5.64. The molecule has 0 atom stereocenters. The maximum absolute atomic E-state index is 12.9. The van der Waals surface area contributed by atoms with Crippen molar-refractivity contribution in [1.29, 1.82) is 0 Å². The fraction of sp³-hybridized carbons (Fsp3) is 0.400. The number of hydrogen-bond donors (Lipinski definition) is 0. The number of anilines is 1. The van der Waals surface area contributed by atoms with Gasteiger partial charge in [0.25, 0.3) is 11.8 Å². The summed E-state index contributed by atoms with van der Waals surface area (Å²) in [5.41, 5.74) is 0.749. The Labute approximate surface area is 187 Å². The molecule has 0 spiro atoms. The normalized spacial score (nSPS) is 16.8. The Hall–Kier alpha value is -3.35. The van der Waals surface area contributed by atoms with Crippen LogP contribution in [0.3, 0.4) is 0 Å². The molecule has 1 saturated heterocycles. The van der Waals surface area contributed by atoms with Crippen LogP contribution >= 0.6 is 0 Å². The number of nitrogens with zero attached hydrogens (tertiary/aromatic N) is 2. The lowest BCUT2D eigenvalue weighted by Gasteiger charge is -2.33. The van der Waals surface area contributed by atoms with Gasteiger partial charge in [0, 0.05) is 13.1 Å². The fourth-order valence-corrected chi connectivity index (χ4v) is 3.99. The summed E-state index contributed by atoms with van der Waals surface area (Å²) in [5.74, 6) is 0.0835. The molecular weight excluding hydrogens is 408 g/mol. The number of carbonyl (C=O) groups excluding carboxylic acids is 3. The topological polar surface area (TPSA) is 76.2 Å². The summed E-state index contributed by atoms with van der Waals surface area (Å²) in [6, 6.07) is 13.9. The highest BCUT2D eigenvalue weighted by atomic mass is 16.6. The minimum atomic E-state index is -0.509. The van der Waals surface area contributed by atoms with Crippen molar-refractivity contribution >= 4 is 23.6 Å². The molecule has 0 N–H and O–H groups in total. The number of piperidine rings is 1. The van der Waals surface area contributed by atoms with E-state index >= 15 is 0 Å². The van der Waals surface area contributed by atoms with Gasteiger partial charge in [-0.05, 0) is 63.8 Å². The molecule has 2 aliphatic rings. The molecule has 4 rings (SSSR count). The Kier molecular flexibility index (Phi) is 5.91. The van der Waals surface area contributed by atoms with Gasteiger partial charge >= 0.3 is 6.09 Å². The summed E-state index contributed by atoms with van der Waals surface area (Å²) in [5, 5.41) is 0. The third-order valence-electron chi connectivity index (χ3n) is 5.64. The van der Waals surface area contributed by atoms with E-state index in [4.69, 9.17) is 9.47 Å². The second-order valence-electron chi connectivity index (χ2n) is 9.18. The van der Waals surface area contributed by atoms with Crippen molar-refractivity contribution in [2.75, 3.05) is 24.6 Å². The Morgan fingerprint density at radius 2 is 1.50 bits per heavy atom. The lowest BCUT2D eigenvalue weighted by atomic mass is 9.98. The van der Waals surface area contributed by atoms with E-state index in [1.165, 1.54) is 4.90 Å². The standard InChI is InChI=1S/C25H28N2O5/c1-25(2,3)32-24(30)26-14-12-17(13-15-26)16-31-21-11-7-6-10-20(21)27-22(28)18-8-4-5-9-19(18)23(27)29/h4-11,17H,12-16H2,1-3H3. The average molecular weight is 437 g/mol. The second kappa shape index (κ2) is 8.65. The van der Waals surface area contributed by atoms with E-state index in [-0.39, 0.29) is 23.8 Å². The van der Waals surface area contributed by atoms with E-state index in [0.717, 1.165) is 12.8 Å². The number of likely N-dealkylation sites (tertiary alicyclic amines) is 1. The zero-order valence-electron chi connectivity index (χ0n) is 18.7. The van der Waals surface area contributed by atoms with E-state index in [1.54, 1.807) is 47.4 Å². The molecule has 1 fully saturated rings. The van der Waals surface area contributed by atoms with Gasteiger partial charge in [-0.3, -0.25) is 9.59 Å². The van der Waals surface area contributed by atoms with E-state index in [2.05, 4.69) is 0 Å². The maximum Gasteiger partial charge on any atom is 0.410 e. The van der Waals surface area contributed by atoms with Gasteiger partial charge in [-0.1, -0.05) is 24.3 Å². The third kappa shape index (κ3) is 4.47. The summed E-state index contributed by atoms with van der Waals surface area (Å²) < 4.78 is 11.5. The Morgan fingerprint density at radius 1 is 0.938 bits per heavy atom. The number of benzene rings is 2. The number of ether oxygens (including phenoxy) is 2. The highest BCUT2D eigenvalue weighted by Gasteiger charge is 2.37. The molecule has 168 valence electrons. The SMILES string of the molecule is CC(C)(C)OC(=O)N1CCC(COc2ccccc2N2C(=O)c3ccccc3C2=O)CC1. The van der Waals surface area contributed by atoms with Gasteiger partial charge < -0.3 is 14.4 Å². The van der Waals surface area contributed by atoms with Crippen molar-refractivity contribution < 1.29 is 23.9 Å². The van der Waals surface area contributed by atoms with Crippen LogP contribution in [0.2, 0.25) is 0 Å². The lowest BCUT2D eigenvalue weighted by molar-refractivity contribution is 0.0165. The molecule has 32 heavy (non-hydrogen) atoms. The molecular formula is C25H28N2O5. The van der Waals surface area contributed by atoms with Crippen LogP contribution in [0.1, 0.15) is 54.3 Å². The fourth-order valence-electron chi connectivity index (χ4n) is 3.99. The molecule has 2 aliphatic heterocycles. The molecule has 7 heteroatoms. The van der Waals surface area contributed by atoms with Crippen LogP contribution in [0.4, 0.5) is 10.5 Å². The van der Waals surface area contributed by atoms with Crippen molar-refractivity contribution in [3.05, 3.63) is 59.7 Å². The van der Waals surface area contributed by atoms with Crippen molar-refractivity contribution in [3.63, 3.8) is 0 Å². The summed E-state index contributed by atoms with van der Waals surface area (Å²) in [7, 11) is 0. The first-order valence-corrected chi connectivity index (χ1v) is 10.9. The van der Waals surface area contributed by atoms with Gasteiger partial charge in [-0.15, -0.1) is 0 Å². The number of para-hydroxylation sites is 2. The predicted molar refractivity (Wildman–Crippen MR) is 120 cm³/mol.